The van der Waals surface area contributed by atoms with Crippen LogP contribution in [0.25, 0.3) is 0 Å². The number of nitrogens with zero attached hydrogens (tertiary/aromatic N) is 2. The summed E-state index contributed by atoms with van der Waals surface area (Å²) < 4.78 is 7.75. The van der Waals surface area contributed by atoms with Crippen LogP contribution in [0.1, 0.15) is 32.8 Å². The topological polar surface area (TPSA) is 39.1 Å². The molecule has 0 aliphatic carbocycles. The largest absolute Gasteiger partial charge is 0.491 e. The van der Waals surface area contributed by atoms with E-state index in [4.69, 9.17) is 4.74 Å². The Labute approximate surface area is 120 Å². The third kappa shape index (κ3) is 4.02. The number of aryl methyl sites for hydroxylation is 1. The fraction of sp³-hybridized carbons (Fsp3) is 0.438. The summed E-state index contributed by atoms with van der Waals surface area (Å²) in [5, 5.41) is 7.66. The number of ether oxygens (including phenoxy) is 1. The molecule has 0 saturated carbocycles. The molecule has 20 heavy (non-hydrogen) atoms. The molecule has 1 heterocycles. The van der Waals surface area contributed by atoms with Gasteiger partial charge in [-0.3, -0.25) is 4.68 Å². The van der Waals surface area contributed by atoms with Gasteiger partial charge in [0.1, 0.15) is 5.75 Å². The molecule has 1 aromatic heterocycles. The van der Waals surface area contributed by atoms with Crippen molar-refractivity contribution < 1.29 is 4.74 Å². The Bertz CT molecular complexity index is 536. The smallest absolute Gasteiger partial charge is 0.121 e. The zero-order valence-corrected chi connectivity index (χ0v) is 12.5. The number of benzene rings is 1. The molecule has 0 bridgehead atoms. The highest BCUT2D eigenvalue weighted by Gasteiger charge is 2.02. The predicted octanol–water partition coefficient (Wildman–Crippen LogP) is 3.69. The van der Waals surface area contributed by atoms with E-state index >= 15 is 0 Å². The van der Waals surface area contributed by atoms with Gasteiger partial charge < -0.3 is 10.1 Å². The summed E-state index contributed by atoms with van der Waals surface area (Å²) in [4.78, 5) is 0. The molecular weight excluding hydrogens is 250 g/mol. The predicted molar refractivity (Wildman–Crippen MR) is 82.1 cm³/mol. The molecule has 0 aliphatic rings. The lowest BCUT2D eigenvalue weighted by Crippen LogP contribution is -2.09. The van der Waals surface area contributed by atoms with Crippen LogP contribution in [-0.4, -0.2) is 15.9 Å². The molecule has 1 aromatic carbocycles. The first-order valence-corrected chi connectivity index (χ1v) is 7.23. The molecule has 108 valence electrons. The second-order valence-corrected chi connectivity index (χ2v) is 4.92. The van der Waals surface area contributed by atoms with Gasteiger partial charge in [-0.15, -0.1) is 0 Å². The molecule has 0 aliphatic heterocycles. The maximum Gasteiger partial charge on any atom is 0.121 e. The Morgan fingerprint density at radius 1 is 1.35 bits per heavy atom. The van der Waals surface area contributed by atoms with E-state index in [-0.39, 0.29) is 6.10 Å². The Balaban J connectivity index is 1.93. The fourth-order valence-electron chi connectivity index (χ4n) is 1.87. The number of aromatic nitrogens is 2. The third-order valence-corrected chi connectivity index (χ3v) is 3.25. The SMILES string of the molecule is CCC(C)Oc1cccc(NCc2cnn(CC)c2)c1. The van der Waals surface area contributed by atoms with Gasteiger partial charge in [-0.25, -0.2) is 0 Å². The van der Waals surface area contributed by atoms with Crippen molar-refractivity contribution in [3.05, 3.63) is 42.2 Å². The van der Waals surface area contributed by atoms with Gasteiger partial charge in [-0.2, -0.15) is 5.10 Å². The molecule has 2 rings (SSSR count). The van der Waals surface area contributed by atoms with Gasteiger partial charge in [-0.1, -0.05) is 13.0 Å². The lowest BCUT2D eigenvalue weighted by Gasteiger charge is -2.13. The van der Waals surface area contributed by atoms with Gasteiger partial charge in [0.25, 0.3) is 0 Å². The van der Waals surface area contributed by atoms with Crippen molar-refractivity contribution >= 4 is 5.69 Å². The van der Waals surface area contributed by atoms with Crippen LogP contribution in [0, 0.1) is 0 Å². The van der Waals surface area contributed by atoms with Crippen molar-refractivity contribution in [2.24, 2.45) is 0 Å². The highest BCUT2D eigenvalue weighted by atomic mass is 16.5. The normalized spacial score (nSPS) is 12.2. The standard InChI is InChI=1S/C16H23N3O/c1-4-13(3)20-16-8-6-7-15(9-16)17-10-14-11-18-19(5-2)12-14/h6-9,11-13,17H,4-5,10H2,1-3H3. The Kier molecular flexibility index (Phi) is 5.04. The molecule has 1 unspecified atom stereocenters. The first-order chi connectivity index (χ1) is 9.71. The van der Waals surface area contributed by atoms with Crippen molar-refractivity contribution in [1.29, 1.82) is 0 Å². The van der Waals surface area contributed by atoms with E-state index < -0.39 is 0 Å². The maximum atomic E-state index is 5.82. The van der Waals surface area contributed by atoms with Crippen molar-refractivity contribution in [2.45, 2.75) is 46.4 Å². The molecule has 1 atom stereocenters. The molecule has 0 amide bonds. The Morgan fingerprint density at radius 2 is 2.20 bits per heavy atom. The quantitative estimate of drug-likeness (QED) is 0.836. The van der Waals surface area contributed by atoms with E-state index in [2.05, 4.69) is 37.4 Å². The number of rotatable bonds is 7. The van der Waals surface area contributed by atoms with E-state index in [0.29, 0.717) is 0 Å². The summed E-state index contributed by atoms with van der Waals surface area (Å²) in [5.41, 5.74) is 2.25. The molecule has 0 saturated heterocycles. The van der Waals surface area contributed by atoms with Crippen LogP contribution < -0.4 is 10.1 Å². The molecular formula is C16H23N3O. The highest BCUT2D eigenvalue weighted by molar-refractivity contribution is 5.48. The zero-order valence-electron chi connectivity index (χ0n) is 12.5. The number of hydrogen-bond acceptors (Lipinski definition) is 3. The van der Waals surface area contributed by atoms with Gasteiger partial charge in [-0.05, 0) is 32.4 Å². The van der Waals surface area contributed by atoms with Crippen LogP contribution in [-0.2, 0) is 13.1 Å². The van der Waals surface area contributed by atoms with E-state index in [1.807, 2.05) is 35.1 Å². The summed E-state index contributed by atoms with van der Waals surface area (Å²) in [5.74, 6) is 0.911. The van der Waals surface area contributed by atoms with Crippen LogP contribution >= 0.6 is 0 Å². The lowest BCUT2D eigenvalue weighted by atomic mass is 10.2. The van der Waals surface area contributed by atoms with Crippen molar-refractivity contribution in [3.63, 3.8) is 0 Å². The molecule has 1 N–H and O–H groups in total. The first kappa shape index (κ1) is 14.4. The summed E-state index contributed by atoms with van der Waals surface area (Å²) >= 11 is 0. The van der Waals surface area contributed by atoms with E-state index in [0.717, 1.165) is 30.9 Å². The zero-order chi connectivity index (χ0) is 14.4. The molecule has 0 radical (unpaired) electrons. The van der Waals surface area contributed by atoms with Crippen LogP contribution in [0.5, 0.6) is 5.75 Å². The summed E-state index contributed by atoms with van der Waals surface area (Å²) in [6.07, 6.45) is 5.21. The van der Waals surface area contributed by atoms with Gasteiger partial charge in [0.15, 0.2) is 0 Å². The lowest BCUT2D eigenvalue weighted by molar-refractivity contribution is 0.217. The Hall–Kier alpha value is -1.97. The number of hydrogen-bond donors (Lipinski definition) is 1. The van der Waals surface area contributed by atoms with Crippen LogP contribution in [0.3, 0.4) is 0 Å². The Morgan fingerprint density at radius 3 is 2.90 bits per heavy atom. The van der Waals surface area contributed by atoms with Crippen molar-refractivity contribution in [3.8, 4) is 5.75 Å². The second kappa shape index (κ2) is 6.98. The molecule has 2 aromatic rings. The van der Waals surface area contributed by atoms with Gasteiger partial charge in [0.2, 0.25) is 0 Å². The molecule has 4 nitrogen and oxygen atoms in total. The molecule has 0 spiro atoms. The summed E-state index contributed by atoms with van der Waals surface area (Å²) in [6, 6.07) is 8.09. The minimum Gasteiger partial charge on any atom is -0.491 e. The monoisotopic (exact) mass is 273 g/mol. The van der Waals surface area contributed by atoms with Crippen LogP contribution in [0.2, 0.25) is 0 Å². The number of nitrogens with one attached hydrogen (secondary N) is 1. The summed E-state index contributed by atoms with van der Waals surface area (Å²) in [6.45, 7) is 7.96. The van der Waals surface area contributed by atoms with Crippen LogP contribution in [0.15, 0.2) is 36.7 Å². The minimum atomic E-state index is 0.244. The van der Waals surface area contributed by atoms with Crippen molar-refractivity contribution in [2.75, 3.05) is 5.32 Å². The second-order valence-electron chi connectivity index (χ2n) is 4.92. The van der Waals surface area contributed by atoms with Gasteiger partial charge in [0.05, 0.1) is 12.3 Å². The fourth-order valence-corrected chi connectivity index (χ4v) is 1.87. The summed E-state index contributed by atoms with van der Waals surface area (Å²) in [7, 11) is 0. The van der Waals surface area contributed by atoms with Gasteiger partial charge >= 0.3 is 0 Å². The first-order valence-electron chi connectivity index (χ1n) is 7.23. The maximum absolute atomic E-state index is 5.82. The van der Waals surface area contributed by atoms with E-state index in [1.54, 1.807) is 0 Å². The van der Waals surface area contributed by atoms with Crippen LogP contribution in [0.4, 0.5) is 5.69 Å². The average Bonchev–Trinajstić information content (AvgIpc) is 2.93. The molecule has 0 fully saturated rings. The van der Waals surface area contributed by atoms with Crippen molar-refractivity contribution in [1.82, 2.24) is 9.78 Å². The third-order valence-electron chi connectivity index (χ3n) is 3.25. The van der Waals surface area contributed by atoms with Gasteiger partial charge in [0, 0.05) is 36.6 Å². The number of anilines is 1. The van der Waals surface area contributed by atoms with E-state index in [1.165, 1.54) is 5.56 Å². The van der Waals surface area contributed by atoms with E-state index in [9.17, 15) is 0 Å². The average molecular weight is 273 g/mol. The molecule has 4 heteroatoms. The highest BCUT2D eigenvalue weighted by Crippen LogP contribution is 2.19. The minimum absolute atomic E-state index is 0.244.